The number of fused-ring (bicyclic) bond motifs is 2. The first-order chi connectivity index (χ1) is 15.7. The monoisotopic (exact) mass is 423 g/mol. The summed E-state index contributed by atoms with van der Waals surface area (Å²) < 4.78 is 6.96. The van der Waals surface area contributed by atoms with Crippen LogP contribution in [0.1, 0.15) is 15.9 Å². The molecule has 0 unspecified atom stereocenters. The molecule has 3 aromatic carbocycles. The molecule has 0 atom stereocenters. The predicted molar refractivity (Wildman–Crippen MR) is 125 cm³/mol. The molecule has 5 aromatic rings. The fourth-order valence-electron chi connectivity index (χ4n) is 3.74. The standard InChI is InChI=1S/C25H21N5O2/c1-32-18-13-11-16(12-14-18)15-27-25(31)21-22-24(29-20-10-6-5-9-19(20)28-22)30(23(21)26)17-7-3-2-4-8-17/h2-14H,15,26H2,1H3,(H,27,31). The molecule has 0 radical (unpaired) electrons. The van der Waals surface area contributed by atoms with Crippen molar-refractivity contribution < 1.29 is 9.53 Å². The number of nitrogens with two attached hydrogens (primary N) is 1. The second kappa shape index (κ2) is 8.03. The van der Waals surface area contributed by atoms with E-state index in [1.165, 1.54) is 0 Å². The highest BCUT2D eigenvalue weighted by molar-refractivity contribution is 6.11. The maximum absolute atomic E-state index is 13.3. The third-order valence-electron chi connectivity index (χ3n) is 5.35. The first-order valence-electron chi connectivity index (χ1n) is 10.2. The summed E-state index contributed by atoms with van der Waals surface area (Å²) in [7, 11) is 1.62. The van der Waals surface area contributed by atoms with E-state index in [-0.39, 0.29) is 5.91 Å². The van der Waals surface area contributed by atoms with Gasteiger partial charge in [-0.15, -0.1) is 0 Å². The van der Waals surface area contributed by atoms with Gasteiger partial charge in [-0.2, -0.15) is 0 Å². The summed E-state index contributed by atoms with van der Waals surface area (Å²) in [4.78, 5) is 22.8. The second-order valence-corrected chi connectivity index (χ2v) is 7.35. The number of carbonyl (C=O) groups excluding carboxylic acids is 1. The molecule has 32 heavy (non-hydrogen) atoms. The lowest BCUT2D eigenvalue weighted by Crippen LogP contribution is -2.24. The average molecular weight is 423 g/mol. The minimum absolute atomic E-state index is 0.300. The number of hydrogen-bond acceptors (Lipinski definition) is 5. The van der Waals surface area contributed by atoms with Gasteiger partial charge in [0.1, 0.15) is 22.6 Å². The number of aromatic nitrogens is 3. The van der Waals surface area contributed by atoms with Gasteiger partial charge in [0.05, 0.1) is 18.1 Å². The zero-order valence-corrected chi connectivity index (χ0v) is 17.4. The number of para-hydroxylation sites is 3. The van der Waals surface area contributed by atoms with E-state index in [0.29, 0.717) is 34.6 Å². The highest BCUT2D eigenvalue weighted by atomic mass is 16.5. The molecule has 0 aliphatic carbocycles. The quantitative estimate of drug-likeness (QED) is 0.444. The first kappa shape index (κ1) is 19.6. The lowest BCUT2D eigenvalue weighted by Gasteiger charge is -2.08. The Bertz CT molecular complexity index is 1430. The van der Waals surface area contributed by atoms with Crippen LogP contribution in [0.4, 0.5) is 5.82 Å². The van der Waals surface area contributed by atoms with Crippen LogP contribution in [-0.2, 0) is 6.54 Å². The molecule has 5 rings (SSSR count). The van der Waals surface area contributed by atoms with E-state index >= 15 is 0 Å². The van der Waals surface area contributed by atoms with Crippen molar-refractivity contribution in [3.8, 4) is 11.4 Å². The van der Waals surface area contributed by atoms with Crippen molar-refractivity contribution in [3.63, 3.8) is 0 Å². The Morgan fingerprint density at radius 1 is 0.938 bits per heavy atom. The largest absolute Gasteiger partial charge is 0.497 e. The molecule has 7 heteroatoms. The Hall–Kier alpha value is -4.39. The van der Waals surface area contributed by atoms with Crippen molar-refractivity contribution in [2.24, 2.45) is 0 Å². The number of anilines is 1. The fourth-order valence-corrected chi connectivity index (χ4v) is 3.74. The molecule has 0 aliphatic rings. The van der Waals surface area contributed by atoms with Gasteiger partial charge >= 0.3 is 0 Å². The molecule has 158 valence electrons. The van der Waals surface area contributed by atoms with E-state index in [2.05, 4.69) is 5.32 Å². The van der Waals surface area contributed by atoms with Crippen LogP contribution in [0.5, 0.6) is 5.75 Å². The number of carbonyl (C=O) groups is 1. The molecule has 3 N–H and O–H groups in total. The maximum Gasteiger partial charge on any atom is 0.257 e. The van der Waals surface area contributed by atoms with E-state index in [1.807, 2.05) is 78.9 Å². The molecule has 0 spiro atoms. The van der Waals surface area contributed by atoms with Crippen LogP contribution < -0.4 is 15.8 Å². The van der Waals surface area contributed by atoms with Gasteiger partial charge in [-0.25, -0.2) is 9.97 Å². The highest BCUT2D eigenvalue weighted by Crippen LogP contribution is 2.30. The number of benzene rings is 3. The molecular weight excluding hydrogens is 402 g/mol. The van der Waals surface area contributed by atoms with Gasteiger partial charge in [-0.05, 0) is 42.0 Å². The van der Waals surface area contributed by atoms with Crippen LogP contribution in [0.25, 0.3) is 27.9 Å². The van der Waals surface area contributed by atoms with Crippen LogP contribution in [-0.4, -0.2) is 27.6 Å². The number of ether oxygens (including phenoxy) is 1. The second-order valence-electron chi connectivity index (χ2n) is 7.35. The topological polar surface area (TPSA) is 95.1 Å². The molecule has 1 amide bonds. The summed E-state index contributed by atoms with van der Waals surface area (Å²) in [6, 6.07) is 24.7. The molecular formula is C25H21N5O2. The van der Waals surface area contributed by atoms with Gasteiger partial charge in [0.2, 0.25) is 0 Å². The summed E-state index contributed by atoms with van der Waals surface area (Å²) >= 11 is 0. The Morgan fingerprint density at radius 3 is 2.28 bits per heavy atom. The van der Waals surface area contributed by atoms with E-state index in [9.17, 15) is 4.79 Å². The van der Waals surface area contributed by atoms with Crippen molar-refractivity contribution in [2.45, 2.75) is 6.54 Å². The van der Waals surface area contributed by atoms with Crippen LogP contribution >= 0.6 is 0 Å². The summed E-state index contributed by atoms with van der Waals surface area (Å²) in [6.45, 7) is 0.348. The third kappa shape index (κ3) is 3.39. The molecule has 0 fully saturated rings. The average Bonchev–Trinajstić information content (AvgIpc) is 3.12. The van der Waals surface area contributed by atoms with Gasteiger partial charge in [-0.3, -0.25) is 9.36 Å². The number of amides is 1. The molecule has 2 heterocycles. The smallest absolute Gasteiger partial charge is 0.257 e. The SMILES string of the molecule is COc1ccc(CNC(=O)c2c(N)n(-c3ccccc3)c3nc4ccccc4nc23)cc1. The van der Waals surface area contributed by atoms with Crippen LogP contribution in [0.15, 0.2) is 78.9 Å². The van der Waals surface area contributed by atoms with E-state index in [4.69, 9.17) is 20.4 Å². The molecule has 0 saturated carbocycles. The van der Waals surface area contributed by atoms with E-state index < -0.39 is 0 Å². The number of nitrogens with zero attached hydrogens (tertiary/aromatic N) is 3. The Kier molecular flexibility index (Phi) is 4.91. The van der Waals surface area contributed by atoms with Crippen molar-refractivity contribution in [2.75, 3.05) is 12.8 Å². The summed E-state index contributed by atoms with van der Waals surface area (Å²) in [6.07, 6.45) is 0. The third-order valence-corrected chi connectivity index (χ3v) is 5.35. The van der Waals surface area contributed by atoms with Gasteiger partial charge in [-0.1, -0.05) is 42.5 Å². The number of nitrogen functional groups attached to an aromatic ring is 1. The minimum atomic E-state index is -0.303. The van der Waals surface area contributed by atoms with Crippen molar-refractivity contribution in [1.29, 1.82) is 0 Å². The van der Waals surface area contributed by atoms with Gasteiger partial charge in [0.15, 0.2) is 5.65 Å². The molecule has 0 aliphatic heterocycles. The van der Waals surface area contributed by atoms with Gasteiger partial charge in [0.25, 0.3) is 5.91 Å². The Balaban J connectivity index is 1.60. The van der Waals surface area contributed by atoms with Crippen LogP contribution in [0, 0.1) is 0 Å². The Labute approximate surface area is 184 Å². The molecule has 2 aromatic heterocycles. The fraction of sp³-hybridized carbons (Fsp3) is 0.0800. The summed E-state index contributed by atoms with van der Waals surface area (Å²) in [5, 5.41) is 2.96. The van der Waals surface area contributed by atoms with Gasteiger partial charge in [0, 0.05) is 12.2 Å². The maximum atomic E-state index is 13.3. The normalized spacial score (nSPS) is 11.0. The van der Waals surface area contributed by atoms with Crippen molar-refractivity contribution in [1.82, 2.24) is 19.9 Å². The molecule has 0 bridgehead atoms. The van der Waals surface area contributed by atoms with E-state index in [1.54, 1.807) is 11.7 Å². The molecule has 7 nitrogen and oxygen atoms in total. The zero-order valence-electron chi connectivity index (χ0n) is 17.4. The minimum Gasteiger partial charge on any atom is -0.497 e. The number of nitrogens with one attached hydrogen (secondary N) is 1. The lowest BCUT2D eigenvalue weighted by atomic mass is 10.2. The lowest BCUT2D eigenvalue weighted by molar-refractivity contribution is 0.0953. The van der Waals surface area contributed by atoms with Crippen LogP contribution in [0.2, 0.25) is 0 Å². The first-order valence-corrected chi connectivity index (χ1v) is 10.2. The van der Waals surface area contributed by atoms with Crippen LogP contribution in [0.3, 0.4) is 0 Å². The van der Waals surface area contributed by atoms with E-state index in [0.717, 1.165) is 22.5 Å². The van der Waals surface area contributed by atoms with Gasteiger partial charge < -0.3 is 15.8 Å². The van der Waals surface area contributed by atoms with Crippen molar-refractivity contribution >= 4 is 33.9 Å². The molecule has 0 saturated heterocycles. The Morgan fingerprint density at radius 2 is 1.59 bits per heavy atom. The number of rotatable bonds is 5. The highest BCUT2D eigenvalue weighted by Gasteiger charge is 2.24. The number of hydrogen-bond donors (Lipinski definition) is 2. The summed E-state index contributed by atoms with van der Waals surface area (Å²) in [5.74, 6) is 0.758. The summed E-state index contributed by atoms with van der Waals surface area (Å²) in [5.41, 5.74) is 11.1. The van der Waals surface area contributed by atoms with Crippen molar-refractivity contribution in [3.05, 3.63) is 90.0 Å². The number of methoxy groups -OCH3 is 1. The zero-order chi connectivity index (χ0) is 22.1. The predicted octanol–water partition coefficient (Wildman–Crippen LogP) is 4.09.